The van der Waals surface area contributed by atoms with Crippen LogP contribution in [0.2, 0.25) is 0 Å². The molecule has 0 N–H and O–H groups in total. The number of thioether (sulfide) groups is 1. The molecule has 0 saturated heterocycles. The molecule has 0 fully saturated rings. The number of hydrogen-bond acceptors (Lipinski definition) is 5. The van der Waals surface area contributed by atoms with E-state index < -0.39 is 11.6 Å². The van der Waals surface area contributed by atoms with Gasteiger partial charge in [-0.3, -0.25) is 4.79 Å². The first-order chi connectivity index (χ1) is 11.9. The third-order valence-corrected chi connectivity index (χ3v) is 4.26. The predicted molar refractivity (Wildman–Crippen MR) is 90.6 cm³/mol. The highest BCUT2D eigenvalue weighted by Gasteiger charge is 2.14. The second kappa shape index (κ2) is 7.14. The molecule has 25 heavy (non-hydrogen) atoms. The molecule has 0 atom stereocenters. The average molecular weight is 360 g/mol. The molecule has 0 amide bonds. The van der Waals surface area contributed by atoms with Gasteiger partial charge in [-0.25, -0.2) is 8.78 Å². The number of rotatable bonds is 5. The van der Waals surface area contributed by atoms with E-state index in [1.165, 1.54) is 6.07 Å². The lowest BCUT2D eigenvalue weighted by atomic mass is 10.1. The van der Waals surface area contributed by atoms with Crippen molar-refractivity contribution < 1.29 is 18.0 Å². The fourth-order valence-electron chi connectivity index (χ4n) is 2.36. The van der Waals surface area contributed by atoms with Gasteiger partial charge in [-0.1, -0.05) is 29.0 Å². The van der Waals surface area contributed by atoms with Crippen molar-refractivity contribution in [1.29, 1.82) is 0 Å². The Bertz CT molecular complexity index is 920. The first-order valence-corrected chi connectivity index (χ1v) is 8.44. The van der Waals surface area contributed by atoms with Gasteiger partial charge in [0.05, 0.1) is 5.75 Å². The zero-order valence-electron chi connectivity index (χ0n) is 13.5. The summed E-state index contributed by atoms with van der Waals surface area (Å²) in [7, 11) is 0. The van der Waals surface area contributed by atoms with Crippen LogP contribution in [0, 0.1) is 25.5 Å². The van der Waals surface area contributed by atoms with Gasteiger partial charge in [-0.05, 0) is 44.2 Å². The maximum Gasteiger partial charge on any atom is 0.277 e. The van der Waals surface area contributed by atoms with Crippen LogP contribution in [0.5, 0.6) is 0 Å². The summed E-state index contributed by atoms with van der Waals surface area (Å²) in [6, 6.07) is 8.96. The maximum atomic E-state index is 13.2. The fourth-order valence-corrected chi connectivity index (χ4v) is 3.02. The molecule has 2 aromatic carbocycles. The van der Waals surface area contributed by atoms with Crippen LogP contribution in [-0.4, -0.2) is 21.7 Å². The minimum Gasteiger partial charge on any atom is -0.411 e. The number of ketones is 1. The zero-order chi connectivity index (χ0) is 18.0. The molecule has 0 saturated carbocycles. The standard InChI is InChI=1S/C18H14F2N2O2S/c1-10-5-11(2)7-13(6-10)17-21-22-18(24-17)25-9-16(23)12-3-4-14(19)15(20)8-12/h3-8H,9H2,1-2H3. The fraction of sp³-hybridized carbons (Fsp3) is 0.167. The second-order valence-corrected chi connectivity index (χ2v) is 6.52. The summed E-state index contributed by atoms with van der Waals surface area (Å²) >= 11 is 1.05. The highest BCUT2D eigenvalue weighted by atomic mass is 32.2. The summed E-state index contributed by atoms with van der Waals surface area (Å²) < 4.78 is 31.7. The van der Waals surface area contributed by atoms with E-state index in [-0.39, 0.29) is 22.3 Å². The van der Waals surface area contributed by atoms with E-state index >= 15 is 0 Å². The topological polar surface area (TPSA) is 56.0 Å². The van der Waals surface area contributed by atoms with E-state index in [9.17, 15) is 13.6 Å². The van der Waals surface area contributed by atoms with Crippen molar-refractivity contribution >= 4 is 17.5 Å². The Hall–Kier alpha value is -2.54. The monoisotopic (exact) mass is 360 g/mol. The summed E-state index contributed by atoms with van der Waals surface area (Å²) in [6.07, 6.45) is 0. The van der Waals surface area contributed by atoms with Gasteiger partial charge in [0.1, 0.15) is 0 Å². The van der Waals surface area contributed by atoms with Crippen molar-refractivity contribution in [3.63, 3.8) is 0 Å². The number of aromatic nitrogens is 2. The molecule has 0 aliphatic rings. The van der Waals surface area contributed by atoms with E-state index in [0.717, 1.165) is 40.6 Å². The number of carbonyl (C=O) groups is 1. The SMILES string of the molecule is Cc1cc(C)cc(-c2nnc(SCC(=O)c3ccc(F)c(F)c3)o2)c1. The summed E-state index contributed by atoms with van der Waals surface area (Å²) in [6.45, 7) is 3.95. The number of aryl methyl sites for hydroxylation is 2. The Morgan fingerprint density at radius 1 is 1.04 bits per heavy atom. The lowest BCUT2D eigenvalue weighted by Gasteiger charge is -2.01. The molecular weight excluding hydrogens is 346 g/mol. The Kier molecular flexibility index (Phi) is 4.94. The Morgan fingerprint density at radius 2 is 1.76 bits per heavy atom. The van der Waals surface area contributed by atoms with Gasteiger partial charge in [-0.15, -0.1) is 10.2 Å². The predicted octanol–water partition coefficient (Wildman–Crippen LogP) is 4.61. The lowest BCUT2D eigenvalue weighted by molar-refractivity contribution is 0.102. The quantitative estimate of drug-likeness (QED) is 0.491. The molecule has 3 aromatic rings. The van der Waals surface area contributed by atoms with E-state index in [0.29, 0.717) is 5.89 Å². The van der Waals surface area contributed by atoms with Crippen molar-refractivity contribution in [2.45, 2.75) is 19.1 Å². The summed E-state index contributed by atoms with van der Waals surface area (Å²) in [5.41, 5.74) is 3.07. The van der Waals surface area contributed by atoms with Crippen LogP contribution in [0.3, 0.4) is 0 Å². The molecule has 3 rings (SSSR count). The van der Waals surface area contributed by atoms with E-state index in [1.54, 1.807) is 0 Å². The van der Waals surface area contributed by atoms with Gasteiger partial charge >= 0.3 is 0 Å². The van der Waals surface area contributed by atoms with Crippen LogP contribution in [0.1, 0.15) is 21.5 Å². The third kappa shape index (κ3) is 4.11. The smallest absolute Gasteiger partial charge is 0.277 e. The molecular formula is C18H14F2N2O2S. The van der Waals surface area contributed by atoms with Crippen molar-refractivity contribution in [2.24, 2.45) is 0 Å². The van der Waals surface area contributed by atoms with Crippen LogP contribution in [-0.2, 0) is 0 Å². The van der Waals surface area contributed by atoms with Gasteiger partial charge in [0.25, 0.3) is 5.22 Å². The van der Waals surface area contributed by atoms with Gasteiger partial charge in [-0.2, -0.15) is 0 Å². The molecule has 4 nitrogen and oxygen atoms in total. The summed E-state index contributed by atoms with van der Waals surface area (Å²) in [4.78, 5) is 12.0. The molecule has 1 aromatic heterocycles. The number of nitrogens with zero attached hydrogens (tertiary/aromatic N) is 2. The number of halogens is 2. The Balaban J connectivity index is 1.69. The lowest BCUT2D eigenvalue weighted by Crippen LogP contribution is -2.03. The van der Waals surface area contributed by atoms with Crippen LogP contribution >= 0.6 is 11.8 Å². The molecule has 0 bridgehead atoms. The van der Waals surface area contributed by atoms with Crippen LogP contribution in [0.15, 0.2) is 46.0 Å². The van der Waals surface area contributed by atoms with Crippen molar-refractivity contribution in [2.75, 3.05) is 5.75 Å². The minimum absolute atomic E-state index is 0.0143. The number of Topliss-reactive ketones (excluding diaryl/α,β-unsaturated/α-hetero) is 1. The van der Waals surface area contributed by atoms with Crippen LogP contribution in [0.4, 0.5) is 8.78 Å². The number of hydrogen-bond donors (Lipinski definition) is 0. The molecule has 0 aliphatic carbocycles. The van der Waals surface area contributed by atoms with Crippen molar-refractivity contribution in [1.82, 2.24) is 10.2 Å². The first-order valence-electron chi connectivity index (χ1n) is 7.45. The van der Waals surface area contributed by atoms with Crippen molar-refractivity contribution in [3.05, 3.63) is 64.7 Å². The minimum atomic E-state index is -1.05. The Labute approximate surface area is 147 Å². The molecule has 1 heterocycles. The van der Waals surface area contributed by atoms with Gasteiger partial charge in [0, 0.05) is 11.1 Å². The maximum absolute atomic E-state index is 13.2. The van der Waals surface area contributed by atoms with E-state index in [1.807, 2.05) is 32.0 Å². The third-order valence-electron chi connectivity index (χ3n) is 3.44. The van der Waals surface area contributed by atoms with Crippen LogP contribution < -0.4 is 0 Å². The Morgan fingerprint density at radius 3 is 2.44 bits per heavy atom. The number of benzene rings is 2. The van der Waals surface area contributed by atoms with E-state index in [2.05, 4.69) is 10.2 Å². The molecule has 0 aliphatic heterocycles. The average Bonchev–Trinajstić information content (AvgIpc) is 3.03. The second-order valence-electron chi connectivity index (χ2n) is 5.59. The highest BCUT2D eigenvalue weighted by Crippen LogP contribution is 2.25. The normalized spacial score (nSPS) is 10.9. The highest BCUT2D eigenvalue weighted by molar-refractivity contribution is 7.99. The van der Waals surface area contributed by atoms with Gasteiger partial charge in [0.2, 0.25) is 5.89 Å². The van der Waals surface area contributed by atoms with E-state index in [4.69, 9.17) is 4.42 Å². The largest absolute Gasteiger partial charge is 0.411 e. The van der Waals surface area contributed by atoms with Gasteiger partial charge in [0.15, 0.2) is 17.4 Å². The molecule has 0 spiro atoms. The summed E-state index contributed by atoms with van der Waals surface area (Å²) in [5, 5.41) is 8.14. The first kappa shape index (κ1) is 17.3. The van der Waals surface area contributed by atoms with Crippen molar-refractivity contribution in [3.8, 4) is 11.5 Å². The van der Waals surface area contributed by atoms with Crippen LogP contribution in [0.25, 0.3) is 11.5 Å². The molecule has 0 radical (unpaired) electrons. The number of carbonyl (C=O) groups excluding carboxylic acids is 1. The molecule has 7 heteroatoms. The summed E-state index contributed by atoms with van der Waals surface area (Å²) in [5.74, 6) is -2.03. The molecule has 0 unspecified atom stereocenters. The zero-order valence-corrected chi connectivity index (χ0v) is 14.4. The van der Waals surface area contributed by atoms with Gasteiger partial charge < -0.3 is 4.42 Å². The molecule has 128 valence electrons.